The highest BCUT2D eigenvalue weighted by molar-refractivity contribution is 5.96. The smallest absolute Gasteiger partial charge is 0.262 e. The van der Waals surface area contributed by atoms with Crippen LogP contribution in [0.1, 0.15) is 17.5 Å². The first-order valence-electron chi connectivity index (χ1n) is 8.98. The summed E-state index contributed by atoms with van der Waals surface area (Å²) in [5, 5.41) is 2.97. The zero-order valence-corrected chi connectivity index (χ0v) is 14.6. The summed E-state index contributed by atoms with van der Waals surface area (Å²) in [6.07, 6.45) is 3.45. The molecule has 0 saturated carbocycles. The van der Waals surface area contributed by atoms with Crippen LogP contribution in [-0.2, 0) is 17.6 Å². The van der Waals surface area contributed by atoms with Gasteiger partial charge in [0.1, 0.15) is 5.75 Å². The topological polar surface area (TPSA) is 38.3 Å². The number of amides is 1. The van der Waals surface area contributed by atoms with E-state index in [1.807, 2.05) is 60.7 Å². The van der Waals surface area contributed by atoms with Crippen LogP contribution in [0, 0.1) is 0 Å². The van der Waals surface area contributed by atoms with E-state index in [0.717, 1.165) is 35.4 Å². The third kappa shape index (κ3) is 3.62. The first-order valence-corrected chi connectivity index (χ1v) is 8.98. The summed E-state index contributed by atoms with van der Waals surface area (Å²) < 4.78 is 5.70. The van der Waals surface area contributed by atoms with Gasteiger partial charge >= 0.3 is 0 Å². The molecule has 4 rings (SSSR count). The molecular weight excluding hydrogens is 322 g/mol. The second kappa shape index (κ2) is 7.44. The average molecular weight is 343 g/mol. The van der Waals surface area contributed by atoms with Gasteiger partial charge in [0.15, 0.2) is 6.61 Å². The second-order valence-electron chi connectivity index (χ2n) is 6.53. The van der Waals surface area contributed by atoms with Crippen LogP contribution < -0.4 is 10.1 Å². The molecule has 1 amide bonds. The van der Waals surface area contributed by atoms with Gasteiger partial charge in [0.05, 0.1) is 0 Å². The molecule has 0 spiro atoms. The Balaban J connectivity index is 1.43. The molecule has 3 aromatic rings. The molecule has 3 heteroatoms. The summed E-state index contributed by atoms with van der Waals surface area (Å²) in [5.41, 5.74) is 5.61. The average Bonchev–Trinajstić information content (AvgIpc) is 3.15. The number of para-hydroxylation sites is 1. The summed E-state index contributed by atoms with van der Waals surface area (Å²) >= 11 is 0. The first kappa shape index (κ1) is 16.4. The van der Waals surface area contributed by atoms with Crippen molar-refractivity contribution in [3.05, 3.63) is 83.9 Å². The van der Waals surface area contributed by atoms with E-state index in [0.29, 0.717) is 0 Å². The maximum Gasteiger partial charge on any atom is 0.262 e. The number of hydrogen-bond donors (Lipinski definition) is 1. The van der Waals surface area contributed by atoms with Gasteiger partial charge in [-0.05, 0) is 54.2 Å². The standard InChI is InChI=1S/C23H21NO2/c25-23(16-26-20-14-13-17-9-6-10-19(17)15-20)24-22-12-5-4-11-21(22)18-7-2-1-3-8-18/h1-5,7-8,11-15H,6,9-10,16H2,(H,24,25). The number of carbonyl (C=O) groups is 1. The lowest BCUT2D eigenvalue weighted by Gasteiger charge is -2.12. The number of rotatable bonds is 5. The summed E-state index contributed by atoms with van der Waals surface area (Å²) in [7, 11) is 0. The fraction of sp³-hybridized carbons (Fsp3) is 0.174. The highest BCUT2D eigenvalue weighted by atomic mass is 16.5. The number of nitrogens with one attached hydrogen (secondary N) is 1. The third-order valence-corrected chi connectivity index (χ3v) is 4.73. The zero-order valence-electron chi connectivity index (χ0n) is 14.6. The Morgan fingerprint density at radius 3 is 2.54 bits per heavy atom. The molecule has 0 aliphatic heterocycles. The second-order valence-corrected chi connectivity index (χ2v) is 6.53. The predicted octanol–water partition coefficient (Wildman–Crippen LogP) is 4.86. The Morgan fingerprint density at radius 2 is 1.65 bits per heavy atom. The number of hydrogen-bond acceptors (Lipinski definition) is 2. The number of carbonyl (C=O) groups excluding carboxylic acids is 1. The number of benzene rings is 3. The van der Waals surface area contributed by atoms with Crippen LogP contribution in [0.5, 0.6) is 5.75 Å². The maximum absolute atomic E-state index is 12.4. The van der Waals surface area contributed by atoms with E-state index < -0.39 is 0 Å². The molecule has 0 saturated heterocycles. The van der Waals surface area contributed by atoms with Gasteiger partial charge in [0, 0.05) is 11.3 Å². The monoisotopic (exact) mass is 343 g/mol. The van der Waals surface area contributed by atoms with Crippen molar-refractivity contribution in [1.82, 2.24) is 0 Å². The van der Waals surface area contributed by atoms with Crippen LogP contribution in [0.15, 0.2) is 72.8 Å². The van der Waals surface area contributed by atoms with Crippen molar-refractivity contribution in [3.8, 4) is 16.9 Å². The van der Waals surface area contributed by atoms with Crippen LogP contribution in [0.3, 0.4) is 0 Å². The number of fused-ring (bicyclic) bond motifs is 1. The molecule has 130 valence electrons. The van der Waals surface area contributed by atoms with Gasteiger partial charge in [0.2, 0.25) is 0 Å². The largest absolute Gasteiger partial charge is 0.484 e. The van der Waals surface area contributed by atoms with Gasteiger partial charge in [0.25, 0.3) is 5.91 Å². The normalized spacial score (nSPS) is 12.5. The summed E-state index contributed by atoms with van der Waals surface area (Å²) in [4.78, 5) is 12.4. The van der Waals surface area contributed by atoms with Gasteiger partial charge in [-0.1, -0.05) is 54.6 Å². The van der Waals surface area contributed by atoms with Crippen LogP contribution in [0.2, 0.25) is 0 Å². The first-order chi connectivity index (χ1) is 12.8. The Kier molecular flexibility index (Phi) is 4.69. The summed E-state index contributed by atoms with van der Waals surface area (Å²) in [6, 6.07) is 24.0. The quantitative estimate of drug-likeness (QED) is 0.718. The highest BCUT2D eigenvalue weighted by Crippen LogP contribution is 2.28. The van der Waals surface area contributed by atoms with Crippen molar-refractivity contribution < 1.29 is 9.53 Å². The van der Waals surface area contributed by atoms with Crippen LogP contribution in [0.4, 0.5) is 5.69 Å². The van der Waals surface area contributed by atoms with E-state index in [4.69, 9.17) is 4.74 Å². The maximum atomic E-state index is 12.4. The molecule has 0 fully saturated rings. The minimum absolute atomic E-state index is 0.00190. The van der Waals surface area contributed by atoms with Crippen molar-refractivity contribution in [2.24, 2.45) is 0 Å². The summed E-state index contributed by atoms with van der Waals surface area (Å²) in [5.74, 6) is 0.603. The number of aryl methyl sites for hydroxylation is 2. The van der Waals surface area contributed by atoms with E-state index >= 15 is 0 Å². The van der Waals surface area contributed by atoms with E-state index in [9.17, 15) is 4.79 Å². The Morgan fingerprint density at radius 1 is 0.885 bits per heavy atom. The van der Waals surface area contributed by atoms with E-state index in [1.54, 1.807) is 0 Å². The molecule has 1 aliphatic carbocycles. The van der Waals surface area contributed by atoms with Crippen molar-refractivity contribution >= 4 is 11.6 Å². The van der Waals surface area contributed by atoms with Crippen molar-refractivity contribution in [2.45, 2.75) is 19.3 Å². The Hall–Kier alpha value is -3.07. The zero-order chi connectivity index (χ0) is 17.8. The molecule has 0 radical (unpaired) electrons. The fourth-order valence-corrected chi connectivity index (χ4v) is 3.43. The van der Waals surface area contributed by atoms with Gasteiger partial charge in [-0.25, -0.2) is 0 Å². The third-order valence-electron chi connectivity index (χ3n) is 4.73. The van der Waals surface area contributed by atoms with Crippen LogP contribution >= 0.6 is 0 Å². The van der Waals surface area contributed by atoms with Crippen molar-refractivity contribution in [1.29, 1.82) is 0 Å². The van der Waals surface area contributed by atoms with Gasteiger partial charge in [-0.3, -0.25) is 4.79 Å². The number of anilines is 1. The summed E-state index contributed by atoms with van der Waals surface area (Å²) in [6.45, 7) is 0.00190. The van der Waals surface area contributed by atoms with Crippen molar-refractivity contribution in [2.75, 3.05) is 11.9 Å². The van der Waals surface area contributed by atoms with E-state index in [-0.39, 0.29) is 12.5 Å². The minimum Gasteiger partial charge on any atom is -0.484 e. The molecule has 1 aliphatic rings. The molecule has 3 aromatic carbocycles. The molecule has 0 unspecified atom stereocenters. The Labute approximate surface area is 153 Å². The lowest BCUT2D eigenvalue weighted by atomic mass is 10.0. The molecule has 0 bridgehead atoms. The molecular formula is C23H21NO2. The van der Waals surface area contributed by atoms with E-state index in [1.165, 1.54) is 17.5 Å². The lowest BCUT2D eigenvalue weighted by Crippen LogP contribution is -2.20. The van der Waals surface area contributed by atoms with Crippen LogP contribution in [-0.4, -0.2) is 12.5 Å². The van der Waals surface area contributed by atoms with Crippen molar-refractivity contribution in [3.63, 3.8) is 0 Å². The lowest BCUT2D eigenvalue weighted by molar-refractivity contribution is -0.118. The van der Waals surface area contributed by atoms with Gasteiger partial charge < -0.3 is 10.1 Å². The van der Waals surface area contributed by atoms with Crippen LogP contribution in [0.25, 0.3) is 11.1 Å². The molecule has 1 N–H and O–H groups in total. The van der Waals surface area contributed by atoms with Gasteiger partial charge in [-0.2, -0.15) is 0 Å². The fourth-order valence-electron chi connectivity index (χ4n) is 3.43. The van der Waals surface area contributed by atoms with Gasteiger partial charge in [-0.15, -0.1) is 0 Å². The molecule has 0 atom stereocenters. The predicted molar refractivity (Wildman–Crippen MR) is 104 cm³/mol. The molecule has 0 aromatic heterocycles. The SMILES string of the molecule is O=C(COc1ccc2c(c1)CCC2)Nc1ccccc1-c1ccccc1. The number of ether oxygens (including phenoxy) is 1. The van der Waals surface area contributed by atoms with E-state index in [2.05, 4.69) is 17.4 Å². The highest BCUT2D eigenvalue weighted by Gasteiger charge is 2.12. The molecule has 26 heavy (non-hydrogen) atoms. The Bertz CT molecular complexity index is 919. The molecule has 3 nitrogen and oxygen atoms in total. The molecule has 0 heterocycles. The minimum atomic E-state index is -0.158.